The van der Waals surface area contributed by atoms with Crippen molar-refractivity contribution in [3.05, 3.63) is 29.3 Å². The highest BCUT2D eigenvalue weighted by molar-refractivity contribution is 5.26. The Morgan fingerprint density at radius 1 is 1.32 bits per heavy atom. The molecule has 19 heavy (non-hydrogen) atoms. The molecule has 2 aromatic rings. The van der Waals surface area contributed by atoms with Crippen LogP contribution in [0, 0.1) is 6.92 Å². The summed E-state index contributed by atoms with van der Waals surface area (Å²) in [7, 11) is 3.91. The molecule has 0 amide bonds. The zero-order valence-electron chi connectivity index (χ0n) is 12.2. The van der Waals surface area contributed by atoms with Crippen LogP contribution in [0.4, 0.5) is 5.95 Å². The van der Waals surface area contributed by atoms with Crippen LogP contribution in [0.15, 0.2) is 12.4 Å². The lowest BCUT2D eigenvalue weighted by atomic mass is 9.96. The van der Waals surface area contributed by atoms with Crippen molar-refractivity contribution < 1.29 is 0 Å². The molecule has 0 radical (unpaired) electrons. The van der Waals surface area contributed by atoms with Crippen LogP contribution in [0.3, 0.4) is 0 Å². The highest BCUT2D eigenvalue weighted by atomic mass is 15.3. The second kappa shape index (κ2) is 5.91. The fraction of sp³-hybridized carbons (Fsp3) is 0.571. The minimum atomic E-state index is 0.440. The summed E-state index contributed by atoms with van der Waals surface area (Å²) in [6, 6.07) is 0. The quantitative estimate of drug-likeness (QED) is 0.840. The molecular weight excluding hydrogens is 238 g/mol. The number of nitrogens with one attached hydrogen (secondary N) is 2. The van der Waals surface area contributed by atoms with Crippen LogP contribution in [-0.2, 0) is 6.42 Å². The third-order valence-corrected chi connectivity index (χ3v) is 3.60. The van der Waals surface area contributed by atoms with E-state index in [9.17, 15) is 0 Å². The summed E-state index contributed by atoms with van der Waals surface area (Å²) in [6.07, 6.45) is 7.39. The maximum atomic E-state index is 4.55. The second-order valence-electron chi connectivity index (χ2n) is 5.22. The van der Waals surface area contributed by atoms with Crippen molar-refractivity contribution >= 4 is 5.95 Å². The number of hydrogen-bond acceptors (Lipinski definition) is 3. The van der Waals surface area contributed by atoms with Gasteiger partial charge in [0.1, 0.15) is 5.82 Å². The molecule has 5 nitrogen and oxygen atoms in total. The summed E-state index contributed by atoms with van der Waals surface area (Å²) in [5.41, 5.74) is 2.73. The molecule has 0 aliphatic heterocycles. The van der Waals surface area contributed by atoms with E-state index < -0.39 is 0 Å². The Bertz CT molecular complexity index is 511. The topological polar surface area (TPSA) is 60.6 Å². The van der Waals surface area contributed by atoms with Gasteiger partial charge in [-0.1, -0.05) is 6.92 Å². The Morgan fingerprint density at radius 2 is 2.11 bits per heavy atom. The molecule has 1 atom stereocenters. The Kier molecular flexibility index (Phi) is 4.24. The van der Waals surface area contributed by atoms with Crippen LogP contribution >= 0.6 is 0 Å². The molecule has 0 saturated heterocycles. The first-order valence-electron chi connectivity index (χ1n) is 6.83. The van der Waals surface area contributed by atoms with Crippen LogP contribution in [-0.4, -0.2) is 34.3 Å². The third-order valence-electron chi connectivity index (χ3n) is 3.60. The molecular formula is C14H23N5. The smallest absolute Gasteiger partial charge is 0.244 e. The Morgan fingerprint density at radius 3 is 2.63 bits per heavy atom. The van der Waals surface area contributed by atoms with Gasteiger partial charge in [0.05, 0.1) is 0 Å². The van der Waals surface area contributed by atoms with E-state index in [1.165, 1.54) is 11.1 Å². The van der Waals surface area contributed by atoms with Gasteiger partial charge in [-0.2, -0.15) is 4.98 Å². The molecule has 2 N–H and O–H groups in total. The van der Waals surface area contributed by atoms with Crippen molar-refractivity contribution in [3.8, 4) is 0 Å². The number of H-pyrrole nitrogens is 2. The van der Waals surface area contributed by atoms with Crippen molar-refractivity contribution in [3.63, 3.8) is 0 Å². The van der Waals surface area contributed by atoms with Crippen LogP contribution in [0.2, 0.25) is 0 Å². The first-order chi connectivity index (χ1) is 9.11. The number of anilines is 1. The molecule has 0 aromatic carbocycles. The molecule has 0 fully saturated rings. The van der Waals surface area contributed by atoms with Crippen LogP contribution < -0.4 is 4.90 Å². The van der Waals surface area contributed by atoms with E-state index in [4.69, 9.17) is 0 Å². The Hall–Kier alpha value is -1.78. The van der Waals surface area contributed by atoms with Gasteiger partial charge in [-0.15, -0.1) is 5.10 Å². The number of aromatic amines is 2. The molecule has 0 aliphatic carbocycles. The number of aryl methyl sites for hydroxylation is 2. The van der Waals surface area contributed by atoms with Crippen molar-refractivity contribution in [2.75, 3.05) is 19.0 Å². The van der Waals surface area contributed by atoms with E-state index in [0.717, 1.165) is 31.0 Å². The lowest BCUT2D eigenvalue weighted by Gasteiger charge is -2.11. The van der Waals surface area contributed by atoms with Crippen LogP contribution in [0.25, 0.3) is 0 Å². The maximum absolute atomic E-state index is 4.55. The summed E-state index contributed by atoms with van der Waals surface area (Å²) >= 11 is 0. The first kappa shape index (κ1) is 13.6. The molecule has 0 aliphatic rings. The van der Waals surface area contributed by atoms with Crippen molar-refractivity contribution in [2.24, 2.45) is 0 Å². The third kappa shape index (κ3) is 3.16. The van der Waals surface area contributed by atoms with Crippen LogP contribution in [0.1, 0.15) is 42.6 Å². The summed E-state index contributed by atoms with van der Waals surface area (Å²) < 4.78 is 0. The van der Waals surface area contributed by atoms with Gasteiger partial charge in [0.15, 0.2) is 0 Å². The average molecular weight is 261 g/mol. The lowest BCUT2D eigenvalue weighted by molar-refractivity contribution is 0.574. The largest absolute Gasteiger partial charge is 0.367 e. The molecule has 2 aromatic heterocycles. The summed E-state index contributed by atoms with van der Waals surface area (Å²) in [5, 5.41) is 7.30. The van der Waals surface area contributed by atoms with Gasteiger partial charge in [-0.05, 0) is 37.3 Å². The second-order valence-corrected chi connectivity index (χ2v) is 5.22. The normalized spacial score (nSPS) is 12.6. The highest BCUT2D eigenvalue weighted by Gasteiger charge is 2.15. The minimum absolute atomic E-state index is 0.440. The van der Waals surface area contributed by atoms with Crippen LogP contribution in [0.5, 0.6) is 0 Å². The molecule has 2 heterocycles. The Balaban J connectivity index is 2.01. The molecule has 1 unspecified atom stereocenters. The van der Waals surface area contributed by atoms with E-state index >= 15 is 0 Å². The van der Waals surface area contributed by atoms with Gasteiger partial charge in [-0.25, -0.2) is 0 Å². The molecule has 0 bridgehead atoms. The zero-order valence-corrected chi connectivity index (χ0v) is 12.2. The van der Waals surface area contributed by atoms with Gasteiger partial charge < -0.3 is 9.88 Å². The van der Waals surface area contributed by atoms with Gasteiger partial charge in [0, 0.05) is 32.4 Å². The average Bonchev–Trinajstić information content (AvgIpc) is 3.00. The monoisotopic (exact) mass is 261 g/mol. The number of aromatic nitrogens is 4. The first-order valence-corrected chi connectivity index (χ1v) is 6.83. The van der Waals surface area contributed by atoms with E-state index in [2.05, 4.69) is 46.4 Å². The summed E-state index contributed by atoms with van der Waals surface area (Å²) in [4.78, 5) is 9.63. The van der Waals surface area contributed by atoms with Gasteiger partial charge >= 0.3 is 0 Å². The van der Waals surface area contributed by atoms with Gasteiger partial charge in [0.2, 0.25) is 5.95 Å². The van der Waals surface area contributed by atoms with Crippen molar-refractivity contribution in [1.29, 1.82) is 0 Å². The summed E-state index contributed by atoms with van der Waals surface area (Å²) in [5.74, 6) is 2.20. The maximum Gasteiger partial charge on any atom is 0.244 e. The van der Waals surface area contributed by atoms with E-state index in [0.29, 0.717) is 5.92 Å². The molecule has 5 heteroatoms. The number of nitrogens with zero attached hydrogens (tertiary/aromatic N) is 3. The summed E-state index contributed by atoms with van der Waals surface area (Å²) in [6.45, 7) is 4.35. The minimum Gasteiger partial charge on any atom is -0.367 e. The Labute approximate surface area is 114 Å². The molecule has 0 saturated carbocycles. The van der Waals surface area contributed by atoms with Crippen molar-refractivity contribution in [2.45, 2.75) is 39.0 Å². The fourth-order valence-corrected chi connectivity index (χ4v) is 2.25. The number of rotatable bonds is 6. The molecule has 2 rings (SSSR count). The van der Waals surface area contributed by atoms with Gasteiger partial charge in [-0.3, -0.25) is 5.10 Å². The van der Waals surface area contributed by atoms with E-state index in [-0.39, 0.29) is 0 Å². The van der Waals surface area contributed by atoms with Crippen molar-refractivity contribution in [1.82, 2.24) is 20.2 Å². The zero-order chi connectivity index (χ0) is 13.8. The fourth-order valence-electron chi connectivity index (χ4n) is 2.25. The highest BCUT2D eigenvalue weighted by Crippen LogP contribution is 2.24. The molecule has 0 spiro atoms. The lowest BCUT2D eigenvalue weighted by Crippen LogP contribution is -2.10. The predicted octanol–water partition coefficient (Wildman–Crippen LogP) is 2.63. The van der Waals surface area contributed by atoms with Gasteiger partial charge in [0.25, 0.3) is 0 Å². The predicted molar refractivity (Wildman–Crippen MR) is 77.6 cm³/mol. The SMILES string of the molecule is CCC(CCc1c[nH]cc1C)c1nc(N(C)C)n[nH]1. The van der Waals surface area contributed by atoms with E-state index in [1.807, 2.05) is 19.0 Å². The standard InChI is InChI=1S/C14H23N5/c1-5-11(6-7-12-9-15-8-10(12)2)13-16-14(18-17-13)19(3)4/h8-9,11,15H,5-7H2,1-4H3,(H,16,17,18). The molecule has 104 valence electrons. The van der Waals surface area contributed by atoms with E-state index in [1.54, 1.807) is 0 Å². The number of hydrogen-bond donors (Lipinski definition) is 2.